The minimum absolute atomic E-state index is 0.225. The van der Waals surface area contributed by atoms with Gasteiger partial charge in [-0.05, 0) is 55.7 Å². The number of aryl methyl sites for hydroxylation is 1. The Morgan fingerprint density at radius 1 is 1.17 bits per heavy atom. The lowest BCUT2D eigenvalue weighted by Crippen LogP contribution is -1.99. The Bertz CT molecular complexity index is 740. The van der Waals surface area contributed by atoms with Crippen LogP contribution < -0.4 is 9.47 Å². The number of carbonyl (C=O) groups excluding carboxylic acids is 1. The van der Waals surface area contributed by atoms with Crippen LogP contribution in [0.3, 0.4) is 0 Å². The summed E-state index contributed by atoms with van der Waals surface area (Å²) in [5.74, 6) is 2.09. The monoisotopic (exact) mass is 322 g/mol. The molecule has 0 unspecified atom stereocenters. The molecule has 0 spiro atoms. The number of benzene rings is 2. The van der Waals surface area contributed by atoms with Crippen molar-refractivity contribution in [2.45, 2.75) is 26.4 Å². The molecule has 0 N–H and O–H groups in total. The van der Waals surface area contributed by atoms with E-state index < -0.39 is 0 Å². The number of carbonyl (C=O) groups is 1. The molecule has 1 aliphatic carbocycles. The molecule has 0 radical (unpaired) electrons. The molecule has 0 atom stereocenters. The number of hydrogen-bond acceptors (Lipinski definition) is 3. The van der Waals surface area contributed by atoms with E-state index in [0.717, 1.165) is 35.5 Å². The molecule has 0 amide bonds. The first-order valence-electron chi connectivity index (χ1n) is 8.24. The summed E-state index contributed by atoms with van der Waals surface area (Å²) in [6.45, 7) is 2.47. The van der Waals surface area contributed by atoms with Crippen LogP contribution in [0.5, 0.6) is 11.5 Å². The number of rotatable bonds is 7. The second-order valence-corrected chi connectivity index (χ2v) is 6.18. The zero-order chi connectivity index (χ0) is 16.9. The molecule has 1 saturated carbocycles. The van der Waals surface area contributed by atoms with E-state index in [4.69, 9.17) is 9.47 Å². The maximum absolute atomic E-state index is 11.8. The summed E-state index contributed by atoms with van der Waals surface area (Å²) < 4.78 is 11.3. The molecular weight excluding hydrogens is 300 g/mol. The third-order valence-electron chi connectivity index (χ3n) is 4.14. The van der Waals surface area contributed by atoms with E-state index in [1.165, 1.54) is 5.56 Å². The van der Waals surface area contributed by atoms with Crippen LogP contribution in [0.1, 0.15) is 29.5 Å². The Morgan fingerprint density at radius 3 is 2.58 bits per heavy atom. The van der Waals surface area contributed by atoms with Crippen molar-refractivity contribution >= 4 is 11.9 Å². The topological polar surface area (TPSA) is 35.5 Å². The standard InChI is InChI=1S/C21H22O3/c1-15-3-9-19(10-4-15)24-14-18-13-16(6-12-21(18)23-2)5-11-20(22)17-7-8-17/h3-6,9-13,17H,7-8,14H2,1-2H3/b11-5+. The SMILES string of the molecule is COc1ccc(/C=C/C(=O)C2CC2)cc1COc1ccc(C)cc1. The molecule has 3 nitrogen and oxygen atoms in total. The second-order valence-electron chi connectivity index (χ2n) is 6.18. The van der Waals surface area contributed by atoms with Gasteiger partial charge in [-0.3, -0.25) is 4.79 Å². The average molecular weight is 322 g/mol. The molecule has 0 heterocycles. The van der Waals surface area contributed by atoms with Gasteiger partial charge in [0.05, 0.1) is 7.11 Å². The molecule has 3 heteroatoms. The maximum atomic E-state index is 11.8. The van der Waals surface area contributed by atoms with Crippen molar-refractivity contribution in [3.63, 3.8) is 0 Å². The van der Waals surface area contributed by atoms with Crippen molar-refractivity contribution in [3.8, 4) is 11.5 Å². The number of methoxy groups -OCH3 is 1. The molecule has 0 saturated heterocycles. The molecule has 0 aliphatic heterocycles. The van der Waals surface area contributed by atoms with E-state index >= 15 is 0 Å². The molecule has 1 aliphatic rings. The Balaban J connectivity index is 1.71. The Labute approximate surface area is 142 Å². The van der Waals surface area contributed by atoms with Gasteiger partial charge in [0.2, 0.25) is 0 Å². The lowest BCUT2D eigenvalue weighted by atomic mass is 10.1. The smallest absolute Gasteiger partial charge is 0.158 e. The predicted molar refractivity (Wildman–Crippen MR) is 95.3 cm³/mol. The van der Waals surface area contributed by atoms with Gasteiger partial charge < -0.3 is 9.47 Å². The van der Waals surface area contributed by atoms with Crippen LogP contribution in [-0.2, 0) is 11.4 Å². The van der Waals surface area contributed by atoms with Crippen LogP contribution in [-0.4, -0.2) is 12.9 Å². The molecule has 2 aromatic carbocycles. The predicted octanol–water partition coefficient (Wildman–Crippen LogP) is 4.57. The van der Waals surface area contributed by atoms with Gasteiger partial charge in [0, 0.05) is 11.5 Å². The van der Waals surface area contributed by atoms with Gasteiger partial charge in [-0.25, -0.2) is 0 Å². The average Bonchev–Trinajstić information content (AvgIpc) is 3.44. The van der Waals surface area contributed by atoms with Crippen LogP contribution in [0, 0.1) is 12.8 Å². The van der Waals surface area contributed by atoms with Crippen molar-refractivity contribution in [1.82, 2.24) is 0 Å². The highest BCUT2D eigenvalue weighted by Crippen LogP contribution is 2.30. The van der Waals surface area contributed by atoms with Crippen LogP contribution >= 0.6 is 0 Å². The van der Waals surface area contributed by atoms with Crippen molar-refractivity contribution < 1.29 is 14.3 Å². The third-order valence-corrected chi connectivity index (χ3v) is 4.14. The highest BCUT2D eigenvalue weighted by atomic mass is 16.5. The zero-order valence-corrected chi connectivity index (χ0v) is 14.1. The number of hydrogen-bond donors (Lipinski definition) is 0. The largest absolute Gasteiger partial charge is 0.496 e. The second kappa shape index (κ2) is 7.35. The Morgan fingerprint density at radius 2 is 1.92 bits per heavy atom. The summed E-state index contributed by atoms with van der Waals surface area (Å²) in [5, 5.41) is 0. The van der Waals surface area contributed by atoms with Gasteiger partial charge in [0.25, 0.3) is 0 Å². The number of ketones is 1. The van der Waals surface area contributed by atoms with E-state index in [0.29, 0.717) is 6.61 Å². The molecule has 0 bridgehead atoms. The molecule has 1 fully saturated rings. The minimum atomic E-state index is 0.225. The van der Waals surface area contributed by atoms with Crippen molar-refractivity contribution in [1.29, 1.82) is 0 Å². The lowest BCUT2D eigenvalue weighted by molar-refractivity contribution is -0.115. The number of ether oxygens (including phenoxy) is 2. The molecular formula is C21H22O3. The highest BCUT2D eigenvalue weighted by molar-refractivity contribution is 5.96. The van der Waals surface area contributed by atoms with E-state index in [-0.39, 0.29) is 11.7 Å². The van der Waals surface area contributed by atoms with Gasteiger partial charge in [0.15, 0.2) is 5.78 Å². The van der Waals surface area contributed by atoms with Crippen LogP contribution in [0.4, 0.5) is 0 Å². The molecule has 0 aromatic heterocycles. The van der Waals surface area contributed by atoms with Gasteiger partial charge in [-0.15, -0.1) is 0 Å². The van der Waals surface area contributed by atoms with E-state index in [2.05, 4.69) is 0 Å². The van der Waals surface area contributed by atoms with E-state index in [1.54, 1.807) is 13.2 Å². The fourth-order valence-electron chi connectivity index (χ4n) is 2.49. The molecule has 24 heavy (non-hydrogen) atoms. The van der Waals surface area contributed by atoms with Gasteiger partial charge in [0.1, 0.15) is 18.1 Å². The Hall–Kier alpha value is -2.55. The van der Waals surface area contributed by atoms with Crippen molar-refractivity contribution in [2.24, 2.45) is 5.92 Å². The molecule has 2 aromatic rings. The summed E-state index contributed by atoms with van der Waals surface area (Å²) in [4.78, 5) is 11.8. The summed E-state index contributed by atoms with van der Waals surface area (Å²) >= 11 is 0. The summed E-state index contributed by atoms with van der Waals surface area (Å²) in [6, 6.07) is 13.8. The van der Waals surface area contributed by atoms with Gasteiger partial charge in [-0.2, -0.15) is 0 Å². The van der Waals surface area contributed by atoms with Crippen molar-refractivity contribution in [3.05, 3.63) is 65.2 Å². The quantitative estimate of drug-likeness (QED) is 0.700. The molecule has 3 rings (SSSR count). The van der Waals surface area contributed by atoms with E-state index in [1.807, 2.05) is 55.5 Å². The summed E-state index contributed by atoms with van der Waals surface area (Å²) in [7, 11) is 1.65. The first-order chi connectivity index (χ1) is 11.7. The first kappa shape index (κ1) is 16.3. The molecule has 124 valence electrons. The Kier molecular flexibility index (Phi) is 4.99. The maximum Gasteiger partial charge on any atom is 0.158 e. The zero-order valence-electron chi connectivity index (χ0n) is 14.1. The van der Waals surface area contributed by atoms with E-state index in [9.17, 15) is 4.79 Å². The first-order valence-corrected chi connectivity index (χ1v) is 8.24. The van der Waals surface area contributed by atoms with Crippen LogP contribution in [0.25, 0.3) is 6.08 Å². The van der Waals surface area contributed by atoms with Crippen LogP contribution in [0.15, 0.2) is 48.5 Å². The van der Waals surface area contributed by atoms with Crippen LogP contribution in [0.2, 0.25) is 0 Å². The normalized spacial score (nSPS) is 13.9. The third kappa shape index (κ3) is 4.25. The lowest BCUT2D eigenvalue weighted by Gasteiger charge is -2.11. The highest BCUT2D eigenvalue weighted by Gasteiger charge is 2.27. The number of allylic oxidation sites excluding steroid dienone is 1. The van der Waals surface area contributed by atoms with Gasteiger partial charge in [-0.1, -0.05) is 29.8 Å². The van der Waals surface area contributed by atoms with Gasteiger partial charge >= 0.3 is 0 Å². The minimum Gasteiger partial charge on any atom is -0.496 e. The fourth-order valence-corrected chi connectivity index (χ4v) is 2.49. The summed E-state index contributed by atoms with van der Waals surface area (Å²) in [5.41, 5.74) is 3.14. The van der Waals surface area contributed by atoms with Crippen molar-refractivity contribution in [2.75, 3.05) is 7.11 Å². The fraction of sp³-hybridized carbons (Fsp3) is 0.286. The summed E-state index contributed by atoms with van der Waals surface area (Å²) in [6.07, 6.45) is 5.61.